The lowest BCUT2D eigenvalue weighted by Gasteiger charge is -2.39. The molecule has 2 fully saturated rings. The van der Waals surface area contributed by atoms with Gasteiger partial charge in [-0.15, -0.1) is 0 Å². The van der Waals surface area contributed by atoms with Crippen molar-refractivity contribution in [2.45, 2.75) is 32.1 Å². The summed E-state index contributed by atoms with van der Waals surface area (Å²) < 4.78 is 0. The first-order valence-electron chi connectivity index (χ1n) is 5.61. The molecule has 3 nitrogen and oxygen atoms in total. The van der Waals surface area contributed by atoms with Gasteiger partial charge in [0.05, 0.1) is 0 Å². The van der Waals surface area contributed by atoms with Crippen molar-refractivity contribution in [3.8, 4) is 0 Å². The molecule has 2 aliphatic heterocycles. The minimum atomic E-state index is 1.26. The molecular formula is C10H21N3. The van der Waals surface area contributed by atoms with E-state index in [9.17, 15) is 0 Å². The molecule has 0 saturated carbocycles. The van der Waals surface area contributed by atoms with Gasteiger partial charge in [-0.05, 0) is 25.7 Å². The van der Waals surface area contributed by atoms with Crippen LogP contribution in [0.15, 0.2) is 0 Å². The molecule has 0 unspecified atom stereocenters. The molecule has 2 rings (SSSR count). The normalized spacial score (nSPS) is 27.2. The molecule has 3 heteroatoms. The fraction of sp³-hybridized carbons (Fsp3) is 1.00. The lowest BCUT2D eigenvalue weighted by atomic mass is 10.2. The van der Waals surface area contributed by atoms with E-state index in [2.05, 4.69) is 22.2 Å². The Labute approximate surface area is 81.2 Å². The van der Waals surface area contributed by atoms with Crippen LogP contribution in [0, 0.1) is 0 Å². The van der Waals surface area contributed by atoms with Gasteiger partial charge < -0.3 is 0 Å². The average Bonchev–Trinajstić information content (AvgIpc) is 2.71. The molecule has 0 amide bonds. The Bertz CT molecular complexity index is 148. The second-order valence-electron chi connectivity index (χ2n) is 4.16. The maximum Gasteiger partial charge on any atom is 0.0179 e. The second-order valence-corrected chi connectivity index (χ2v) is 4.16. The quantitative estimate of drug-likeness (QED) is 0.639. The highest BCUT2D eigenvalue weighted by Crippen LogP contribution is 2.15. The smallest absolute Gasteiger partial charge is 0.0179 e. The molecule has 0 radical (unpaired) electrons. The third-order valence-electron chi connectivity index (χ3n) is 3.23. The van der Waals surface area contributed by atoms with Crippen LogP contribution in [0.2, 0.25) is 0 Å². The Morgan fingerprint density at radius 3 is 1.54 bits per heavy atom. The largest absolute Gasteiger partial charge is 0.228 e. The van der Waals surface area contributed by atoms with Crippen LogP contribution < -0.4 is 0 Å². The highest BCUT2D eigenvalue weighted by atomic mass is 15.8. The average molecular weight is 183 g/mol. The third kappa shape index (κ3) is 2.22. The van der Waals surface area contributed by atoms with E-state index in [0.29, 0.717) is 0 Å². The van der Waals surface area contributed by atoms with Gasteiger partial charge in [-0.3, -0.25) is 0 Å². The monoisotopic (exact) mass is 183 g/mol. The van der Waals surface area contributed by atoms with Crippen molar-refractivity contribution < 1.29 is 0 Å². The molecular weight excluding hydrogens is 162 g/mol. The van der Waals surface area contributed by atoms with E-state index in [4.69, 9.17) is 0 Å². The zero-order valence-electron chi connectivity index (χ0n) is 8.71. The minimum absolute atomic E-state index is 1.26. The van der Waals surface area contributed by atoms with Crippen LogP contribution in [0.3, 0.4) is 0 Å². The van der Waals surface area contributed by atoms with Gasteiger partial charge in [-0.25, -0.2) is 10.0 Å². The molecule has 0 aromatic carbocycles. The molecule has 2 aliphatic rings. The summed E-state index contributed by atoms with van der Waals surface area (Å²) in [5.74, 6) is 0. The Morgan fingerprint density at radius 2 is 1.08 bits per heavy atom. The standard InChI is InChI=1S/C10H21N3/c1-11(13-9-5-6-10-13)12-7-3-2-4-8-12/h2-10H2,1H3. The van der Waals surface area contributed by atoms with Gasteiger partial charge >= 0.3 is 0 Å². The maximum absolute atomic E-state index is 2.49. The lowest BCUT2D eigenvalue weighted by molar-refractivity contribution is -0.162. The van der Waals surface area contributed by atoms with E-state index in [0.717, 1.165) is 0 Å². The van der Waals surface area contributed by atoms with Crippen LogP contribution in [-0.2, 0) is 0 Å². The topological polar surface area (TPSA) is 9.72 Å². The van der Waals surface area contributed by atoms with Gasteiger partial charge in [0.15, 0.2) is 0 Å². The van der Waals surface area contributed by atoms with Crippen molar-refractivity contribution in [2.75, 3.05) is 33.2 Å². The van der Waals surface area contributed by atoms with Crippen molar-refractivity contribution in [1.29, 1.82) is 0 Å². The molecule has 0 aliphatic carbocycles. The predicted molar refractivity (Wildman–Crippen MR) is 54.0 cm³/mol. The van der Waals surface area contributed by atoms with E-state index in [1.165, 1.54) is 58.3 Å². The van der Waals surface area contributed by atoms with E-state index in [1.54, 1.807) is 0 Å². The molecule has 13 heavy (non-hydrogen) atoms. The van der Waals surface area contributed by atoms with E-state index in [1.807, 2.05) is 0 Å². The molecule has 76 valence electrons. The molecule has 0 atom stereocenters. The summed E-state index contributed by atoms with van der Waals surface area (Å²) in [7, 11) is 2.22. The van der Waals surface area contributed by atoms with Crippen molar-refractivity contribution in [3.05, 3.63) is 0 Å². The molecule has 2 saturated heterocycles. The van der Waals surface area contributed by atoms with Gasteiger partial charge in [0.1, 0.15) is 0 Å². The summed E-state index contributed by atoms with van der Waals surface area (Å²) in [5, 5.41) is 7.34. The van der Waals surface area contributed by atoms with Gasteiger partial charge in [-0.1, -0.05) is 6.42 Å². The first-order chi connectivity index (χ1) is 6.38. The highest BCUT2D eigenvalue weighted by molar-refractivity contribution is 4.65. The number of rotatable bonds is 2. The van der Waals surface area contributed by atoms with Gasteiger partial charge in [0.25, 0.3) is 0 Å². The molecule has 0 N–H and O–H groups in total. The summed E-state index contributed by atoms with van der Waals surface area (Å²) in [4.78, 5) is 0. The van der Waals surface area contributed by atoms with Crippen LogP contribution in [0.1, 0.15) is 32.1 Å². The summed E-state index contributed by atoms with van der Waals surface area (Å²) >= 11 is 0. The zero-order valence-corrected chi connectivity index (χ0v) is 8.71. The number of hydrogen-bond donors (Lipinski definition) is 0. The fourth-order valence-electron chi connectivity index (χ4n) is 2.34. The molecule has 2 heterocycles. The van der Waals surface area contributed by atoms with Gasteiger partial charge in [0.2, 0.25) is 0 Å². The Balaban J connectivity index is 1.83. The van der Waals surface area contributed by atoms with E-state index < -0.39 is 0 Å². The van der Waals surface area contributed by atoms with Crippen molar-refractivity contribution >= 4 is 0 Å². The Morgan fingerprint density at radius 1 is 0.692 bits per heavy atom. The van der Waals surface area contributed by atoms with Crippen LogP contribution >= 0.6 is 0 Å². The van der Waals surface area contributed by atoms with E-state index in [-0.39, 0.29) is 0 Å². The minimum Gasteiger partial charge on any atom is -0.228 e. The Hall–Kier alpha value is -0.120. The number of nitrogens with zero attached hydrogens (tertiary/aromatic N) is 3. The van der Waals surface area contributed by atoms with Crippen LogP contribution in [0.5, 0.6) is 0 Å². The summed E-state index contributed by atoms with van der Waals surface area (Å²) in [6.45, 7) is 5.03. The summed E-state index contributed by atoms with van der Waals surface area (Å²) in [6, 6.07) is 0. The van der Waals surface area contributed by atoms with Crippen molar-refractivity contribution in [3.63, 3.8) is 0 Å². The van der Waals surface area contributed by atoms with Crippen LogP contribution in [0.25, 0.3) is 0 Å². The fourth-order valence-corrected chi connectivity index (χ4v) is 2.34. The first-order valence-corrected chi connectivity index (χ1v) is 5.61. The maximum atomic E-state index is 2.49. The predicted octanol–water partition coefficient (Wildman–Crippen LogP) is 1.33. The third-order valence-corrected chi connectivity index (χ3v) is 3.23. The van der Waals surface area contributed by atoms with E-state index >= 15 is 0 Å². The van der Waals surface area contributed by atoms with Crippen molar-refractivity contribution in [1.82, 2.24) is 15.1 Å². The zero-order chi connectivity index (χ0) is 9.10. The number of hydrazine groups is 2. The lowest BCUT2D eigenvalue weighted by Crippen LogP contribution is -2.51. The van der Waals surface area contributed by atoms with Crippen LogP contribution in [0.4, 0.5) is 0 Å². The Kier molecular flexibility index (Phi) is 3.19. The van der Waals surface area contributed by atoms with Crippen molar-refractivity contribution in [2.24, 2.45) is 0 Å². The number of piperidine rings is 1. The molecule has 0 spiro atoms. The molecule has 0 bridgehead atoms. The SMILES string of the molecule is CN(N1CCCCC1)N1CCCC1. The first kappa shape index (κ1) is 9.44. The number of hydrogen-bond acceptors (Lipinski definition) is 3. The van der Waals surface area contributed by atoms with Gasteiger partial charge in [-0.2, -0.15) is 5.12 Å². The van der Waals surface area contributed by atoms with Gasteiger partial charge in [0, 0.05) is 33.2 Å². The summed E-state index contributed by atoms with van der Waals surface area (Å²) in [6.07, 6.45) is 6.91. The molecule has 0 aromatic rings. The highest BCUT2D eigenvalue weighted by Gasteiger charge is 2.22. The molecule has 0 aromatic heterocycles. The van der Waals surface area contributed by atoms with Crippen LogP contribution in [-0.4, -0.2) is 48.4 Å². The second kappa shape index (κ2) is 4.40. The summed E-state index contributed by atoms with van der Waals surface area (Å²) in [5.41, 5.74) is 0.